The maximum absolute atomic E-state index is 11.4. The van der Waals surface area contributed by atoms with Gasteiger partial charge < -0.3 is 19.9 Å². The standard InChI is InChI=1S/C15H15NO5/c1-10(15(18)19)16-14(17)5-3-2-4-11-6-7-12-13(8-11)21-9-20-12/h2-8,10H,9H2,1H3,(H,16,17)(H,18,19)/b4-2+,5-3+. The van der Waals surface area contributed by atoms with Gasteiger partial charge in [-0.15, -0.1) is 0 Å². The van der Waals surface area contributed by atoms with Crippen LogP contribution < -0.4 is 14.8 Å². The molecule has 6 nitrogen and oxygen atoms in total. The molecule has 1 aliphatic heterocycles. The molecule has 0 spiro atoms. The molecule has 0 fully saturated rings. The van der Waals surface area contributed by atoms with Crippen LogP contribution in [-0.4, -0.2) is 29.8 Å². The molecule has 21 heavy (non-hydrogen) atoms. The Morgan fingerprint density at radius 1 is 1.29 bits per heavy atom. The number of nitrogens with one attached hydrogen (secondary N) is 1. The van der Waals surface area contributed by atoms with Gasteiger partial charge in [-0.2, -0.15) is 0 Å². The molecule has 0 saturated carbocycles. The summed E-state index contributed by atoms with van der Waals surface area (Å²) in [5.74, 6) is -0.133. The number of carboxylic acids is 1. The first-order valence-corrected chi connectivity index (χ1v) is 6.34. The zero-order valence-electron chi connectivity index (χ0n) is 11.4. The highest BCUT2D eigenvalue weighted by atomic mass is 16.7. The van der Waals surface area contributed by atoms with E-state index in [0.29, 0.717) is 11.5 Å². The van der Waals surface area contributed by atoms with Crippen LogP contribution in [-0.2, 0) is 9.59 Å². The van der Waals surface area contributed by atoms with Crippen molar-refractivity contribution in [3.8, 4) is 11.5 Å². The van der Waals surface area contributed by atoms with Crippen LogP contribution in [0.5, 0.6) is 11.5 Å². The Morgan fingerprint density at radius 3 is 2.81 bits per heavy atom. The van der Waals surface area contributed by atoms with Gasteiger partial charge in [0, 0.05) is 6.08 Å². The molecule has 1 aliphatic rings. The van der Waals surface area contributed by atoms with Crippen LogP contribution in [0.1, 0.15) is 12.5 Å². The van der Waals surface area contributed by atoms with Crippen molar-refractivity contribution in [2.75, 3.05) is 6.79 Å². The second kappa shape index (κ2) is 6.60. The summed E-state index contributed by atoms with van der Waals surface area (Å²) in [6.45, 7) is 1.63. The van der Waals surface area contributed by atoms with Gasteiger partial charge in [0.25, 0.3) is 0 Å². The van der Waals surface area contributed by atoms with E-state index in [2.05, 4.69) is 5.32 Å². The van der Waals surface area contributed by atoms with Crippen LogP contribution in [0.25, 0.3) is 6.08 Å². The second-order valence-corrected chi connectivity index (χ2v) is 4.40. The number of fused-ring (bicyclic) bond motifs is 1. The van der Waals surface area contributed by atoms with Gasteiger partial charge in [0.2, 0.25) is 12.7 Å². The molecule has 0 saturated heterocycles. The Morgan fingerprint density at radius 2 is 2.05 bits per heavy atom. The van der Waals surface area contributed by atoms with Crippen LogP contribution in [0.15, 0.2) is 36.4 Å². The molecular formula is C15H15NO5. The number of allylic oxidation sites excluding steroid dienone is 2. The highest BCUT2D eigenvalue weighted by Crippen LogP contribution is 2.32. The molecule has 1 unspecified atom stereocenters. The Hall–Kier alpha value is -2.76. The minimum Gasteiger partial charge on any atom is -0.480 e. The van der Waals surface area contributed by atoms with Gasteiger partial charge in [-0.05, 0) is 24.6 Å². The molecule has 1 aromatic rings. The molecule has 2 N–H and O–H groups in total. The van der Waals surface area contributed by atoms with Crippen molar-refractivity contribution in [1.82, 2.24) is 5.32 Å². The zero-order chi connectivity index (χ0) is 15.2. The van der Waals surface area contributed by atoms with Gasteiger partial charge in [0.15, 0.2) is 11.5 Å². The molecule has 1 atom stereocenters. The van der Waals surface area contributed by atoms with Gasteiger partial charge in [0.1, 0.15) is 6.04 Å². The Kier molecular flexibility index (Phi) is 4.61. The van der Waals surface area contributed by atoms with E-state index in [1.165, 1.54) is 19.1 Å². The van der Waals surface area contributed by atoms with E-state index >= 15 is 0 Å². The second-order valence-electron chi connectivity index (χ2n) is 4.40. The predicted molar refractivity (Wildman–Crippen MR) is 76.0 cm³/mol. The Labute approximate surface area is 121 Å². The van der Waals surface area contributed by atoms with E-state index in [1.54, 1.807) is 12.2 Å². The number of ether oxygens (including phenoxy) is 2. The summed E-state index contributed by atoms with van der Waals surface area (Å²) in [4.78, 5) is 22.0. The maximum atomic E-state index is 11.4. The lowest BCUT2D eigenvalue weighted by Gasteiger charge is -2.05. The summed E-state index contributed by atoms with van der Waals surface area (Å²) in [6.07, 6.45) is 6.28. The van der Waals surface area contributed by atoms with E-state index < -0.39 is 17.9 Å². The molecule has 0 radical (unpaired) electrons. The number of carboxylic acid groups (broad SMARTS) is 1. The average molecular weight is 289 g/mol. The van der Waals surface area contributed by atoms with E-state index in [9.17, 15) is 9.59 Å². The fourth-order valence-corrected chi connectivity index (χ4v) is 1.65. The average Bonchev–Trinajstić information content (AvgIpc) is 2.90. The van der Waals surface area contributed by atoms with Crippen LogP contribution >= 0.6 is 0 Å². The largest absolute Gasteiger partial charge is 0.480 e. The molecule has 110 valence electrons. The molecule has 1 heterocycles. The molecule has 0 bridgehead atoms. The van der Waals surface area contributed by atoms with Gasteiger partial charge in [-0.1, -0.05) is 24.3 Å². The summed E-state index contributed by atoms with van der Waals surface area (Å²) in [6, 6.07) is 4.59. The minimum atomic E-state index is -1.08. The highest BCUT2D eigenvalue weighted by Gasteiger charge is 2.12. The van der Waals surface area contributed by atoms with Crippen molar-refractivity contribution in [1.29, 1.82) is 0 Å². The monoisotopic (exact) mass is 289 g/mol. The van der Waals surface area contributed by atoms with Crippen molar-refractivity contribution < 1.29 is 24.2 Å². The van der Waals surface area contributed by atoms with Crippen molar-refractivity contribution in [2.45, 2.75) is 13.0 Å². The highest BCUT2D eigenvalue weighted by molar-refractivity contribution is 5.91. The number of aliphatic carboxylic acids is 1. The molecule has 0 aliphatic carbocycles. The smallest absolute Gasteiger partial charge is 0.325 e. The van der Waals surface area contributed by atoms with Crippen molar-refractivity contribution in [3.05, 3.63) is 42.0 Å². The summed E-state index contributed by atoms with van der Waals surface area (Å²) >= 11 is 0. The SMILES string of the molecule is CC(NC(=O)/C=C/C=C/c1ccc2c(c1)OCO2)C(=O)O. The fourth-order valence-electron chi connectivity index (χ4n) is 1.65. The first-order chi connectivity index (χ1) is 10.1. The Balaban J connectivity index is 1.88. The van der Waals surface area contributed by atoms with Crippen LogP contribution in [0, 0.1) is 0 Å². The summed E-state index contributed by atoms with van der Waals surface area (Å²) < 4.78 is 10.5. The number of benzene rings is 1. The summed E-state index contributed by atoms with van der Waals surface area (Å²) in [7, 11) is 0. The number of amides is 1. The quantitative estimate of drug-likeness (QED) is 0.635. The summed E-state index contributed by atoms with van der Waals surface area (Å²) in [5, 5.41) is 11.0. The van der Waals surface area contributed by atoms with Crippen LogP contribution in [0.3, 0.4) is 0 Å². The van der Waals surface area contributed by atoms with Gasteiger partial charge in [-0.3, -0.25) is 9.59 Å². The van der Waals surface area contributed by atoms with E-state index in [0.717, 1.165) is 5.56 Å². The third kappa shape index (κ3) is 4.10. The van der Waals surface area contributed by atoms with Crippen LogP contribution in [0.4, 0.5) is 0 Å². The molecule has 1 amide bonds. The number of hydrogen-bond donors (Lipinski definition) is 2. The number of rotatable bonds is 5. The summed E-state index contributed by atoms with van der Waals surface area (Å²) in [5.41, 5.74) is 0.906. The van der Waals surface area contributed by atoms with E-state index in [-0.39, 0.29) is 6.79 Å². The lowest BCUT2D eigenvalue weighted by molar-refractivity contribution is -0.140. The van der Waals surface area contributed by atoms with Crippen molar-refractivity contribution in [2.24, 2.45) is 0 Å². The fraction of sp³-hybridized carbons (Fsp3) is 0.200. The number of hydrogen-bond acceptors (Lipinski definition) is 4. The maximum Gasteiger partial charge on any atom is 0.325 e. The molecule has 1 aromatic carbocycles. The molecule has 2 rings (SSSR count). The van der Waals surface area contributed by atoms with Crippen LogP contribution in [0.2, 0.25) is 0 Å². The third-order valence-electron chi connectivity index (χ3n) is 2.77. The topological polar surface area (TPSA) is 84.9 Å². The van der Waals surface area contributed by atoms with Gasteiger partial charge in [-0.25, -0.2) is 0 Å². The van der Waals surface area contributed by atoms with Gasteiger partial charge in [0.05, 0.1) is 0 Å². The number of carbonyl (C=O) groups is 2. The van der Waals surface area contributed by atoms with Gasteiger partial charge >= 0.3 is 5.97 Å². The predicted octanol–water partition coefficient (Wildman–Crippen LogP) is 1.57. The molecule has 6 heteroatoms. The lowest BCUT2D eigenvalue weighted by atomic mass is 10.2. The first-order valence-electron chi connectivity index (χ1n) is 6.34. The normalized spacial score (nSPS) is 14.5. The molecular weight excluding hydrogens is 274 g/mol. The van der Waals surface area contributed by atoms with Crippen molar-refractivity contribution >= 4 is 18.0 Å². The number of carbonyl (C=O) groups excluding carboxylic acids is 1. The van der Waals surface area contributed by atoms with E-state index in [4.69, 9.17) is 14.6 Å². The lowest BCUT2D eigenvalue weighted by Crippen LogP contribution is -2.37. The minimum absolute atomic E-state index is 0.227. The van der Waals surface area contributed by atoms with Crippen molar-refractivity contribution in [3.63, 3.8) is 0 Å². The first kappa shape index (κ1) is 14.6. The Bertz CT molecular complexity index is 606. The zero-order valence-corrected chi connectivity index (χ0v) is 11.4. The third-order valence-corrected chi connectivity index (χ3v) is 2.77. The molecule has 0 aromatic heterocycles. The van der Waals surface area contributed by atoms with E-state index in [1.807, 2.05) is 18.2 Å².